The average Bonchev–Trinajstić information content (AvgIpc) is 2.97. The van der Waals surface area contributed by atoms with E-state index in [1.165, 1.54) is 48.0 Å². The fourth-order valence-corrected chi connectivity index (χ4v) is 4.99. The monoisotopic (exact) mass is 604 g/mol. The van der Waals surface area contributed by atoms with Crippen LogP contribution in [-0.2, 0) is 19.0 Å². The summed E-state index contributed by atoms with van der Waals surface area (Å²) in [7, 11) is 1.68. The predicted octanol–water partition coefficient (Wildman–Crippen LogP) is -0.719. The van der Waals surface area contributed by atoms with E-state index in [9.17, 15) is 29.7 Å². The van der Waals surface area contributed by atoms with Crippen molar-refractivity contribution in [2.45, 2.75) is 88.2 Å². The number of aliphatic hydroxyl groups is 3. The molecule has 236 valence electrons. The van der Waals surface area contributed by atoms with Crippen LogP contribution in [0, 0.1) is 0 Å². The summed E-state index contributed by atoms with van der Waals surface area (Å²) in [6, 6.07) is 7.02. The maximum atomic E-state index is 12.8. The van der Waals surface area contributed by atoms with Gasteiger partial charge in [0.05, 0.1) is 31.0 Å². The molecule has 8 N–H and O–H groups in total. The molecule has 2 aliphatic heterocycles. The molecule has 0 unspecified atom stereocenters. The molecular weight excluding hydrogens is 564 g/mol. The first kappa shape index (κ1) is 32.6. The molecule has 0 aliphatic carbocycles. The number of hydrogen-bond acceptors (Lipinski definition) is 12. The molecule has 0 saturated carbocycles. The number of carbonyl (C=O) groups excluding carboxylic acids is 2. The van der Waals surface area contributed by atoms with Crippen molar-refractivity contribution in [1.29, 1.82) is 0 Å². The number of benzene rings is 1. The quantitative estimate of drug-likeness (QED) is 0.189. The van der Waals surface area contributed by atoms with E-state index in [1.807, 2.05) is 0 Å². The second-order valence-corrected chi connectivity index (χ2v) is 11.1. The Morgan fingerprint density at radius 1 is 1.09 bits per heavy atom. The highest BCUT2D eigenvalue weighted by Crippen LogP contribution is 2.31. The van der Waals surface area contributed by atoms with Gasteiger partial charge in [-0.3, -0.25) is 14.2 Å². The molecule has 43 heavy (non-hydrogen) atoms. The van der Waals surface area contributed by atoms with Crippen molar-refractivity contribution in [1.82, 2.24) is 14.9 Å². The standard InChI is InChI=1S/C28H40N6O9/c1-14-18(43-25-23(37)22(36)21(30-4)15(2)42-25)9-10-20(41-14)34-12-11-19(33-27(34)40)32-24(38)16-5-7-17(8-6-16)31-26(39)28(3,29)13-35/h5-8,11-12,14-15,18,20-23,25,30,35-37H,9-10,13,29H2,1-4H3,(H,31,39)(H,32,33,38,40)/t14-,15-,18+,20-,21-,22+,23-,25-,28-/m1/s1. The molecule has 2 aromatic rings. The summed E-state index contributed by atoms with van der Waals surface area (Å²) in [6.07, 6.45) is -2.89. The normalized spacial score (nSPS) is 30.7. The smallest absolute Gasteiger partial charge is 0.351 e. The van der Waals surface area contributed by atoms with E-state index in [0.29, 0.717) is 18.5 Å². The van der Waals surface area contributed by atoms with Crippen LogP contribution in [0.2, 0.25) is 0 Å². The van der Waals surface area contributed by atoms with Gasteiger partial charge >= 0.3 is 5.69 Å². The van der Waals surface area contributed by atoms with Crippen LogP contribution >= 0.6 is 0 Å². The molecule has 2 amide bonds. The summed E-state index contributed by atoms with van der Waals surface area (Å²) in [4.78, 5) is 41.6. The maximum absolute atomic E-state index is 12.8. The Hall–Kier alpha value is -3.28. The maximum Gasteiger partial charge on any atom is 0.351 e. The van der Waals surface area contributed by atoms with Gasteiger partial charge < -0.3 is 51.2 Å². The molecule has 15 heteroatoms. The first-order valence-electron chi connectivity index (χ1n) is 14.1. The first-order chi connectivity index (χ1) is 20.3. The highest BCUT2D eigenvalue weighted by molar-refractivity contribution is 6.04. The molecule has 0 radical (unpaired) electrons. The Balaban J connectivity index is 1.32. The lowest BCUT2D eigenvalue weighted by molar-refractivity contribution is -0.303. The minimum absolute atomic E-state index is 0.0477. The van der Waals surface area contributed by atoms with E-state index in [4.69, 9.17) is 19.9 Å². The summed E-state index contributed by atoms with van der Waals surface area (Å²) in [6.45, 7) is 4.43. The molecule has 1 aromatic carbocycles. The number of anilines is 2. The van der Waals surface area contributed by atoms with Crippen molar-refractivity contribution in [2.75, 3.05) is 24.3 Å². The van der Waals surface area contributed by atoms with Crippen molar-refractivity contribution in [3.8, 4) is 0 Å². The van der Waals surface area contributed by atoms with Crippen LogP contribution in [0.25, 0.3) is 0 Å². The lowest BCUT2D eigenvalue weighted by Gasteiger charge is -2.44. The molecule has 0 bridgehead atoms. The molecule has 15 nitrogen and oxygen atoms in total. The van der Waals surface area contributed by atoms with Crippen LogP contribution in [0.1, 0.15) is 50.2 Å². The Labute approximate surface area is 248 Å². The van der Waals surface area contributed by atoms with Crippen LogP contribution < -0.4 is 27.4 Å². The van der Waals surface area contributed by atoms with Crippen molar-refractivity contribution in [3.05, 3.63) is 52.6 Å². The molecule has 2 aliphatic rings. The number of aromatic nitrogens is 2. The number of rotatable bonds is 9. The summed E-state index contributed by atoms with van der Waals surface area (Å²) >= 11 is 0. The zero-order chi connectivity index (χ0) is 31.5. The van der Waals surface area contributed by atoms with E-state index in [-0.39, 0.29) is 11.4 Å². The molecule has 3 heterocycles. The van der Waals surface area contributed by atoms with Crippen molar-refractivity contribution >= 4 is 23.3 Å². The second-order valence-electron chi connectivity index (χ2n) is 11.1. The third-order valence-corrected chi connectivity index (χ3v) is 7.72. The van der Waals surface area contributed by atoms with Gasteiger partial charge in [0.15, 0.2) is 6.29 Å². The van der Waals surface area contributed by atoms with Crippen molar-refractivity contribution in [2.24, 2.45) is 5.73 Å². The van der Waals surface area contributed by atoms with Crippen LogP contribution in [0.5, 0.6) is 0 Å². The molecule has 1 aromatic heterocycles. The number of nitrogens with two attached hydrogens (primary N) is 1. The van der Waals surface area contributed by atoms with Gasteiger partial charge in [0, 0.05) is 17.4 Å². The van der Waals surface area contributed by atoms with Crippen LogP contribution in [0.3, 0.4) is 0 Å². The predicted molar refractivity (Wildman–Crippen MR) is 154 cm³/mol. The zero-order valence-corrected chi connectivity index (χ0v) is 24.5. The number of nitrogens with zero attached hydrogens (tertiary/aromatic N) is 2. The number of aliphatic hydroxyl groups excluding tert-OH is 3. The van der Waals surface area contributed by atoms with Crippen LogP contribution in [-0.4, -0.2) is 98.7 Å². The van der Waals surface area contributed by atoms with E-state index in [0.717, 1.165) is 0 Å². The molecule has 4 rings (SSSR count). The third-order valence-electron chi connectivity index (χ3n) is 7.72. The summed E-state index contributed by atoms with van der Waals surface area (Å²) < 4.78 is 19.1. The summed E-state index contributed by atoms with van der Waals surface area (Å²) in [5, 5.41) is 38.2. The third kappa shape index (κ3) is 7.45. The van der Waals surface area contributed by atoms with Crippen LogP contribution in [0.15, 0.2) is 41.3 Å². The Bertz CT molecular complexity index is 1340. The number of likely N-dealkylation sites (N-methyl/N-ethyl adjacent to an activating group) is 1. The highest BCUT2D eigenvalue weighted by atomic mass is 16.7. The van der Waals surface area contributed by atoms with Gasteiger partial charge in [-0.25, -0.2) is 4.79 Å². The Morgan fingerprint density at radius 3 is 2.40 bits per heavy atom. The average molecular weight is 605 g/mol. The van der Waals surface area contributed by atoms with E-state index in [1.54, 1.807) is 20.9 Å². The van der Waals surface area contributed by atoms with Crippen LogP contribution in [0.4, 0.5) is 11.5 Å². The van der Waals surface area contributed by atoms with E-state index < -0.39 is 78.7 Å². The van der Waals surface area contributed by atoms with Gasteiger partial charge in [0.25, 0.3) is 5.91 Å². The number of hydrogen-bond donors (Lipinski definition) is 7. The molecule has 9 atom stereocenters. The van der Waals surface area contributed by atoms with Gasteiger partial charge in [-0.2, -0.15) is 4.98 Å². The van der Waals surface area contributed by atoms with Crippen molar-refractivity contribution in [3.63, 3.8) is 0 Å². The number of ether oxygens (including phenoxy) is 3. The molecular formula is C28H40N6O9. The summed E-state index contributed by atoms with van der Waals surface area (Å²) in [5.74, 6) is -1.05. The highest BCUT2D eigenvalue weighted by Gasteiger charge is 2.44. The van der Waals surface area contributed by atoms with Gasteiger partial charge in [0.2, 0.25) is 5.91 Å². The Morgan fingerprint density at radius 2 is 1.79 bits per heavy atom. The van der Waals surface area contributed by atoms with Gasteiger partial charge in [-0.1, -0.05) is 0 Å². The van der Waals surface area contributed by atoms with Gasteiger partial charge in [-0.15, -0.1) is 0 Å². The lowest BCUT2D eigenvalue weighted by Crippen LogP contribution is -2.62. The van der Waals surface area contributed by atoms with Crippen molar-refractivity contribution < 1.29 is 39.1 Å². The van der Waals surface area contributed by atoms with Gasteiger partial charge in [-0.05, 0) is 71.0 Å². The second kappa shape index (κ2) is 13.6. The minimum atomic E-state index is -1.45. The van der Waals surface area contributed by atoms with E-state index in [2.05, 4.69) is 20.9 Å². The van der Waals surface area contributed by atoms with E-state index >= 15 is 0 Å². The molecule has 2 saturated heterocycles. The molecule has 0 spiro atoms. The molecule has 2 fully saturated rings. The number of nitrogens with one attached hydrogen (secondary N) is 3. The number of amides is 2. The Kier molecular flexibility index (Phi) is 10.3. The number of carbonyl (C=O) groups is 2. The van der Waals surface area contributed by atoms with Gasteiger partial charge in [0.1, 0.15) is 29.8 Å². The first-order valence-corrected chi connectivity index (χ1v) is 14.1. The lowest BCUT2D eigenvalue weighted by atomic mass is 9.97. The largest absolute Gasteiger partial charge is 0.394 e. The zero-order valence-electron chi connectivity index (χ0n) is 24.5. The fraction of sp³-hybridized carbons (Fsp3) is 0.571. The fourth-order valence-electron chi connectivity index (χ4n) is 4.99. The topological polar surface area (TPSA) is 220 Å². The summed E-state index contributed by atoms with van der Waals surface area (Å²) in [5.41, 5.74) is 4.28. The SMILES string of the molecule is CN[C@H]1[C@H](O)[C@@H](O)[C@@H](O[C@H]2CC[C@H](n3ccc(NC(=O)c4ccc(NC(=O)[C@](C)(N)CO)cc4)nc3=O)O[C@@H]2C)O[C@@H]1C. The minimum Gasteiger partial charge on any atom is -0.394 e.